The first-order valence-electron chi connectivity index (χ1n) is 6.44. The van der Waals surface area contributed by atoms with E-state index in [2.05, 4.69) is 9.97 Å². The Morgan fingerprint density at radius 1 is 1.44 bits per heavy atom. The standard InChI is InChI=1S/C13H21N3O2/c1-9(2)18-13-7-14-6-12(15-13)16(3)8-11(17)10-4-5-10/h6-7,9-11,17H,4-5,8H2,1-3H3/t11-/m0/s1. The number of likely N-dealkylation sites (N-methyl/N-ethyl adjacent to an activating group) is 1. The molecule has 5 heteroatoms. The average molecular weight is 251 g/mol. The van der Waals surface area contributed by atoms with E-state index in [0.717, 1.165) is 18.7 Å². The van der Waals surface area contributed by atoms with Gasteiger partial charge in [0.1, 0.15) is 0 Å². The summed E-state index contributed by atoms with van der Waals surface area (Å²) in [5.74, 6) is 1.72. The Morgan fingerprint density at radius 2 is 2.17 bits per heavy atom. The molecule has 0 aromatic carbocycles. The monoisotopic (exact) mass is 251 g/mol. The molecule has 0 aliphatic heterocycles. The molecule has 1 aliphatic carbocycles. The highest BCUT2D eigenvalue weighted by Gasteiger charge is 2.30. The molecule has 18 heavy (non-hydrogen) atoms. The van der Waals surface area contributed by atoms with E-state index in [1.165, 1.54) is 0 Å². The Kier molecular flexibility index (Phi) is 4.01. The van der Waals surface area contributed by atoms with Crippen LogP contribution in [0.15, 0.2) is 12.4 Å². The van der Waals surface area contributed by atoms with Gasteiger partial charge < -0.3 is 14.7 Å². The summed E-state index contributed by atoms with van der Waals surface area (Å²) in [5.41, 5.74) is 0. The van der Waals surface area contributed by atoms with E-state index < -0.39 is 0 Å². The molecule has 2 rings (SSSR count). The van der Waals surface area contributed by atoms with Crippen LogP contribution in [0.2, 0.25) is 0 Å². The smallest absolute Gasteiger partial charge is 0.234 e. The van der Waals surface area contributed by atoms with E-state index in [9.17, 15) is 5.11 Å². The summed E-state index contributed by atoms with van der Waals surface area (Å²) in [5, 5.41) is 9.91. The van der Waals surface area contributed by atoms with Gasteiger partial charge in [-0.3, -0.25) is 4.98 Å². The molecule has 0 bridgehead atoms. The molecule has 0 saturated heterocycles. The van der Waals surface area contributed by atoms with Gasteiger partial charge in [0, 0.05) is 13.6 Å². The van der Waals surface area contributed by atoms with E-state index in [1.807, 2.05) is 25.8 Å². The maximum absolute atomic E-state index is 9.91. The first-order valence-corrected chi connectivity index (χ1v) is 6.44. The molecule has 1 aliphatic rings. The van der Waals surface area contributed by atoms with Crippen molar-refractivity contribution in [2.24, 2.45) is 5.92 Å². The van der Waals surface area contributed by atoms with E-state index in [0.29, 0.717) is 18.3 Å². The van der Waals surface area contributed by atoms with Crippen molar-refractivity contribution in [3.05, 3.63) is 12.4 Å². The number of nitrogens with zero attached hydrogens (tertiary/aromatic N) is 3. The van der Waals surface area contributed by atoms with Crippen LogP contribution in [-0.4, -0.2) is 40.9 Å². The zero-order chi connectivity index (χ0) is 13.1. The largest absolute Gasteiger partial charge is 0.474 e. The van der Waals surface area contributed by atoms with Gasteiger partial charge in [-0.25, -0.2) is 0 Å². The fourth-order valence-electron chi connectivity index (χ4n) is 1.82. The van der Waals surface area contributed by atoms with Crippen molar-refractivity contribution in [3.8, 4) is 5.88 Å². The fourth-order valence-corrected chi connectivity index (χ4v) is 1.82. The quantitative estimate of drug-likeness (QED) is 0.829. The maximum atomic E-state index is 9.91. The number of aliphatic hydroxyl groups is 1. The van der Waals surface area contributed by atoms with E-state index in [4.69, 9.17) is 4.74 Å². The highest BCUT2D eigenvalue weighted by Crippen LogP contribution is 2.33. The molecule has 5 nitrogen and oxygen atoms in total. The van der Waals surface area contributed by atoms with Crippen LogP contribution in [0, 0.1) is 5.92 Å². The first-order chi connectivity index (χ1) is 8.56. The second-order valence-corrected chi connectivity index (χ2v) is 5.17. The number of hydrogen-bond donors (Lipinski definition) is 1. The van der Waals surface area contributed by atoms with Gasteiger partial charge in [0.05, 0.1) is 24.6 Å². The number of hydrogen-bond acceptors (Lipinski definition) is 5. The van der Waals surface area contributed by atoms with Crippen LogP contribution < -0.4 is 9.64 Å². The number of aliphatic hydroxyl groups excluding tert-OH is 1. The van der Waals surface area contributed by atoms with Gasteiger partial charge in [-0.05, 0) is 32.6 Å². The highest BCUT2D eigenvalue weighted by atomic mass is 16.5. The number of rotatable bonds is 6. The summed E-state index contributed by atoms with van der Waals surface area (Å²) in [6.07, 6.45) is 5.37. The van der Waals surface area contributed by atoms with Gasteiger partial charge >= 0.3 is 0 Å². The SMILES string of the molecule is CC(C)Oc1cncc(N(C)C[C@H](O)C2CC2)n1. The molecule has 0 unspecified atom stereocenters. The lowest BCUT2D eigenvalue weighted by Gasteiger charge is -2.21. The average Bonchev–Trinajstić information content (AvgIpc) is 3.12. The van der Waals surface area contributed by atoms with Gasteiger partial charge in [0.15, 0.2) is 5.82 Å². The third-order valence-electron chi connectivity index (χ3n) is 2.97. The van der Waals surface area contributed by atoms with Crippen molar-refractivity contribution in [1.29, 1.82) is 0 Å². The zero-order valence-corrected chi connectivity index (χ0v) is 11.2. The molecule has 1 atom stereocenters. The van der Waals surface area contributed by atoms with Crippen molar-refractivity contribution < 1.29 is 9.84 Å². The Morgan fingerprint density at radius 3 is 2.78 bits per heavy atom. The highest BCUT2D eigenvalue weighted by molar-refractivity contribution is 5.36. The van der Waals surface area contributed by atoms with Crippen molar-refractivity contribution in [2.75, 3.05) is 18.5 Å². The van der Waals surface area contributed by atoms with Crippen molar-refractivity contribution in [3.63, 3.8) is 0 Å². The van der Waals surface area contributed by atoms with Crippen LogP contribution in [0.1, 0.15) is 26.7 Å². The normalized spacial score (nSPS) is 16.7. The van der Waals surface area contributed by atoms with Crippen LogP contribution >= 0.6 is 0 Å². The maximum Gasteiger partial charge on any atom is 0.234 e. The lowest BCUT2D eigenvalue weighted by molar-refractivity contribution is 0.158. The van der Waals surface area contributed by atoms with Crippen molar-refractivity contribution in [2.45, 2.75) is 38.9 Å². The Labute approximate surface area is 108 Å². The predicted molar refractivity (Wildman–Crippen MR) is 69.8 cm³/mol. The lowest BCUT2D eigenvalue weighted by Crippen LogP contribution is -2.31. The fraction of sp³-hybridized carbons (Fsp3) is 0.692. The zero-order valence-electron chi connectivity index (χ0n) is 11.2. The molecule has 1 fully saturated rings. The third kappa shape index (κ3) is 3.57. The molecule has 0 amide bonds. The Hall–Kier alpha value is -1.36. The second-order valence-electron chi connectivity index (χ2n) is 5.17. The number of aromatic nitrogens is 2. The summed E-state index contributed by atoms with van der Waals surface area (Å²) in [6, 6.07) is 0. The summed E-state index contributed by atoms with van der Waals surface area (Å²) < 4.78 is 5.51. The molecule has 1 aromatic heterocycles. The van der Waals surface area contributed by atoms with E-state index in [1.54, 1.807) is 12.4 Å². The molecular formula is C13H21N3O2. The first kappa shape index (κ1) is 13.1. The second kappa shape index (κ2) is 5.52. The molecule has 100 valence electrons. The Balaban J connectivity index is 1.97. The van der Waals surface area contributed by atoms with Crippen LogP contribution in [-0.2, 0) is 0 Å². The number of ether oxygens (including phenoxy) is 1. The van der Waals surface area contributed by atoms with Gasteiger partial charge in [0.25, 0.3) is 0 Å². The Bertz CT molecular complexity index is 394. The summed E-state index contributed by atoms with van der Waals surface area (Å²) in [7, 11) is 1.91. The molecule has 0 radical (unpaired) electrons. The molecule has 1 heterocycles. The molecule has 0 spiro atoms. The van der Waals surface area contributed by atoms with Crippen molar-refractivity contribution >= 4 is 5.82 Å². The van der Waals surface area contributed by atoms with Gasteiger partial charge in [-0.1, -0.05) is 0 Å². The van der Waals surface area contributed by atoms with Gasteiger partial charge in [-0.2, -0.15) is 4.98 Å². The molecule has 1 saturated carbocycles. The predicted octanol–water partition coefficient (Wildman–Crippen LogP) is 1.47. The minimum Gasteiger partial charge on any atom is -0.474 e. The molecule has 1 N–H and O–H groups in total. The van der Waals surface area contributed by atoms with Gasteiger partial charge in [-0.15, -0.1) is 0 Å². The van der Waals surface area contributed by atoms with E-state index >= 15 is 0 Å². The summed E-state index contributed by atoms with van der Waals surface area (Å²) >= 11 is 0. The molecule has 1 aromatic rings. The van der Waals surface area contributed by atoms with Crippen molar-refractivity contribution in [1.82, 2.24) is 9.97 Å². The van der Waals surface area contributed by atoms with Crippen LogP contribution in [0.3, 0.4) is 0 Å². The minimum atomic E-state index is -0.272. The van der Waals surface area contributed by atoms with Crippen LogP contribution in [0.4, 0.5) is 5.82 Å². The van der Waals surface area contributed by atoms with Crippen LogP contribution in [0.25, 0.3) is 0 Å². The molecular weight excluding hydrogens is 230 g/mol. The summed E-state index contributed by atoms with van der Waals surface area (Å²) in [4.78, 5) is 10.4. The topological polar surface area (TPSA) is 58.5 Å². The third-order valence-corrected chi connectivity index (χ3v) is 2.97. The summed E-state index contributed by atoms with van der Waals surface area (Å²) in [6.45, 7) is 4.49. The lowest BCUT2D eigenvalue weighted by atomic mass is 10.2. The van der Waals surface area contributed by atoms with Crippen LogP contribution in [0.5, 0.6) is 5.88 Å². The van der Waals surface area contributed by atoms with E-state index in [-0.39, 0.29) is 12.2 Å². The number of anilines is 1. The minimum absolute atomic E-state index is 0.0805. The van der Waals surface area contributed by atoms with Gasteiger partial charge in [0.2, 0.25) is 5.88 Å².